The molecule has 0 aliphatic heterocycles. The van der Waals surface area contributed by atoms with Crippen LogP contribution in [-0.4, -0.2) is 13.1 Å². The first kappa shape index (κ1) is 7.47. The molecule has 0 fully saturated rings. The van der Waals surface area contributed by atoms with E-state index in [-0.39, 0.29) is 5.97 Å². The van der Waals surface area contributed by atoms with Crippen molar-refractivity contribution in [2.24, 2.45) is 0 Å². The lowest BCUT2D eigenvalue weighted by Crippen LogP contribution is -1.98. The van der Waals surface area contributed by atoms with E-state index in [2.05, 4.69) is 11.2 Å². The van der Waals surface area contributed by atoms with Crippen LogP contribution >= 0.6 is 0 Å². The van der Waals surface area contributed by atoms with Gasteiger partial charge in [-0.1, -0.05) is 6.92 Å². The molecular formula is C6H10O2. The Balaban J connectivity index is 2.99. The largest absolute Gasteiger partial charge is 0.469 e. The third-order valence-corrected chi connectivity index (χ3v) is 0.807. The smallest absolute Gasteiger partial charge is 0.305 e. The Labute approximate surface area is 49.8 Å². The second-order valence-corrected chi connectivity index (χ2v) is 1.43. The van der Waals surface area contributed by atoms with Crippen molar-refractivity contribution in [2.45, 2.75) is 19.8 Å². The molecule has 0 bridgehead atoms. The zero-order valence-electron chi connectivity index (χ0n) is 5.23. The summed E-state index contributed by atoms with van der Waals surface area (Å²) in [7, 11) is 1.39. The van der Waals surface area contributed by atoms with Gasteiger partial charge in [-0.25, -0.2) is 0 Å². The number of hydrogen-bond acceptors (Lipinski definition) is 2. The van der Waals surface area contributed by atoms with Gasteiger partial charge in [0.2, 0.25) is 0 Å². The molecular weight excluding hydrogens is 104 g/mol. The van der Waals surface area contributed by atoms with E-state index in [1.54, 1.807) is 6.92 Å². The average molecular weight is 114 g/mol. The quantitative estimate of drug-likeness (QED) is 0.512. The predicted octanol–water partition coefficient (Wildman–Crippen LogP) is 1.04. The van der Waals surface area contributed by atoms with Crippen LogP contribution < -0.4 is 0 Å². The lowest BCUT2D eigenvalue weighted by Gasteiger charge is -1.93. The summed E-state index contributed by atoms with van der Waals surface area (Å²) < 4.78 is 4.37. The number of methoxy groups -OCH3 is 1. The summed E-state index contributed by atoms with van der Waals surface area (Å²) >= 11 is 0. The van der Waals surface area contributed by atoms with Crippen LogP contribution in [0.5, 0.6) is 0 Å². The van der Waals surface area contributed by atoms with Gasteiger partial charge in [0.1, 0.15) is 0 Å². The van der Waals surface area contributed by atoms with Gasteiger partial charge in [0.15, 0.2) is 0 Å². The van der Waals surface area contributed by atoms with Crippen LogP contribution in [0.2, 0.25) is 0 Å². The Morgan fingerprint density at radius 2 is 2.38 bits per heavy atom. The Hall–Kier alpha value is -0.530. The van der Waals surface area contributed by atoms with Crippen molar-refractivity contribution in [2.75, 3.05) is 7.11 Å². The second-order valence-electron chi connectivity index (χ2n) is 1.43. The minimum Gasteiger partial charge on any atom is -0.469 e. The fraction of sp³-hybridized carbons (Fsp3) is 0.667. The van der Waals surface area contributed by atoms with Crippen molar-refractivity contribution in [1.82, 2.24) is 0 Å². The first-order chi connectivity index (χ1) is 3.81. The van der Waals surface area contributed by atoms with Crippen LogP contribution in [-0.2, 0) is 9.53 Å². The first-order valence-electron chi connectivity index (χ1n) is 2.52. The van der Waals surface area contributed by atoms with Crippen LogP contribution in [0.1, 0.15) is 19.8 Å². The van der Waals surface area contributed by atoms with Crippen molar-refractivity contribution in [3.8, 4) is 0 Å². The molecule has 0 N–H and O–H groups in total. The molecule has 0 spiro atoms. The molecule has 2 radical (unpaired) electrons. The van der Waals surface area contributed by atoms with E-state index in [0.29, 0.717) is 12.8 Å². The molecule has 0 unspecified atom stereocenters. The van der Waals surface area contributed by atoms with Crippen molar-refractivity contribution in [3.05, 3.63) is 6.42 Å². The molecule has 0 aromatic carbocycles. The van der Waals surface area contributed by atoms with Crippen molar-refractivity contribution in [3.63, 3.8) is 0 Å². The summed E-state index contributed by atoms with van der Waals surface area (Å²) in [5, 5.41) is 0. The Bertz CT molecular complexity index is 68.9. The topological polar surface area (TPSA) is 26.3 Å². The third-order valence-electron chi connectivity index (χ3n) is 0.807. The van der Waals surface area contributed by atoms with Gasteiger partial charge in [-0.3, -0.25) is 4.79 Å². The van der Waals surface area contributed by atoms with Gasteiger partial charge >= 0.3 is 5.97 Å². The Kier molecular flexibility index (Phi) is 4.32. The highest BCUT2D eigenvalue weighted by atomic mass is 16.5. The lowest BCUT2D eigenvalue weighted by molar-refractivity contribution is -0.140. The molecule has 0 saturated carbocycles. The number of esters is 1. The number of carbonyl (C=O) groups excluding carboxylic acids is 1. The van der Waals surface area contributed by atoms with Crippen LogP contribution in [0.15, 0.2) is 0 Å². The van der Waals surface area contributed by atoms with E-state index in [1.807, 2.05) is 0 Å². The molecule has 2 heteroatoms. The van der Waals surface area contributed by atoms with Crippen molar-refractivity contribution < 1.29 is 9.53 Å². The SMILES string of the molecule is C[C]CCC(=O)OC. The van der Waals surface area contributed by atoms with E-state index in [4.69, 9.17) is 0 Å². The zero-order valence-corrected chi connectivity index (χ0v) is 5.23. The summed E-state index contributed by atoms with van der Waals surface area (Å²) in [6.45, 7) is 1.79. The fourth-order valence-electron chi connectivity index (χ4n) is 0.329. The first-order valence-corrected chi connectivity index (χ1v) is 2.52. The van der Waals surface area contributed by atoms with Crippen LogP contribution in [0, 0.1) is 6.42 Å². The van der Waals surface area contributed by atoms with Gasteiger partial charge in [0.25, 0.3) is 0 Å². The minimum absolute atomic E-state index is 0.167. The second kappa shape index (κ2) is 4.62. The zero-order chi connectivity index (χ0) is 6.41. The number of rotatable bonds is 3. The van der Waals surface area contributed by atoms with Crippen LogP contribution in [0.25, 0.3) is 0 Å². The summed E-state index contributed by atoms with van der Waals surface area (Å²) in [4.78, 5) is 10.3. The molecule has 2 nitrogen and oxygen atoms in total. The lowest BCUT2D eigenvalue weighted by atomic mass is 10.3. The summed E-state index contributed by atoms with van der Waals surface area (Å²) in [5.41, 5.74) is 0. The van der Waals surface area contributed by atoms with Gasteiger partial charge in [0.05, 0.1) is 7.11 Å². The average Bonchev–Trinajstić information content (AvgIpc) is 1.83. The molecule has 46 valence electrons. The summed E-state index contributed by atoms with van der Waals surface area (Å²) in [6.07, 6.45) is 3.97. The van der Waals surface area contributed by atoms with E-state index >= 15 is 0 Å². The van der Waals surface area contributed by atoms with E-state index in [1.165, 1.54) is 7.11 Å². The monoisotopic (exact) mass is 114 g/mol. The standard InChI is InChI=1S/C6H10O2/c1-3-4-5-6(7)8-2/h4-5H2,1-2H3. The fourth-order valence-corrected chi connectivity index (χ4v) is 0.329. The number of unbranched alkanes of at least 4 members (excludes halogenated alkanes) is 1. The molecule has 0 aromatic heterocycles. The van der Waals surface area contributed by atoms with E-state index in [9.17, 15) is 4.79 Å². The highest BCUT2D eigenvalue weighted by molar-refractivity contribution is 5.69. The summed E-state index contributed by atoms with van der Waals surface area (Å²) in [6, 6.07) is 0. The molecule has 0 amide bonds. The van der Waals surface area contributed by atoms with Gasteiger partial charge in [-0.05, 0) is 12.8 Å². The number of carbonyl (C=O) groups is 1. The van der Waals surface area contributed by atoms with Crippen molar-refractivity contribution in [1.29, 1.82) is 0 Å². The Morgan fingerprint density at radius 3 is 2.75 bits per heavy atom. The highest BCUT2D eigenvalue weighted by Gasteiger charge is 1.95. The minimum atomic E-state index is -0.167. The van der Waals surface area contributed by atoms with E-state index in [0.717, 1.165) is 0 Å². The molecule has 0 atom stereocenters. The molecule has 0 aromatic rings. The van der Waals surface area contributed by atoms with Gasteiger partial charge in [-0.2, -0.15) is 0 Å². The molecule has 0 aliphatic carbocycles. The van der Waals surface area contributed by atoms with Crippen LogP contribution in [0.4, 0.5) is 0 Å². The number of ether oxygens (including phenoxy) is 1. The van der Waals surface area contributed by atoms with Gasteiger partial charge < -0.3 is 4.74 Å². The molecule has 8 heavy (non-hydrogen) atoms. The summed E-state index contributed by atoms with van der Waals surface area (Å²) in [5.74, 6) is -0.167. The predicted molar refractivity (Wildman–Crippen MR) is 30.2 cm³/mol. The van der Waals surface area contributed by atoms with E-state index < -0.39 is 0 Å². The van der Waals surface area contributed by atoms with Crippen molar-refractivity contribution >= 4 is 5.97 Å². The molecule has 0 rings (SSSR count). The third kappa shape index (κ3) is 3.65. The van der Waals surface area contributed by atoms with Gasteiger partial charge in [-0.15, -0.1) is 0 Å². The van der Waals surface area contributed by atoms with Gasteiger partial charge in [0, 0.05) is 6.42 Å². The molecule has 0 saturated heterocycles. The normalized spacial score (nSPS) is 8.75. The number of hydrogen-bond donors (Lipinski definition) is 0. The maximum Gasteiger partial charge on any atom is 0.305 e. The highest BCUT2D eigenvalue weighted by Crippen LogP contribution is 1.92. The molecule has 0 heterocycles. The maximum absolute atomic E-state index is 10.3. The maximum atomic E-state index is 10.3. The molecule has 0 aliphatic rings. The Morgan fingerprint density at radius 1 is 1.75 bits per heavy atom. The van der Waals surface area contributed by atoms with Crippen LogP contribution in [0.3, 0.4) is 0 Å².